The van der Waals surface area contributed by atoms with E-state index in [0.29, 0.717) is 35.0 Å². The SMILES string of the molecule is CCCc1c(-c2ncc(C)o2)cn2ncnc(Nc3cc(C(=O)NOC)c(C)cc3F)c12. The number of halogens is 1. The molecule has 32 heavy (non-hydrogen) atoms. The van der Waals surface area contributed by atoms with Gasteiger partial charge in [-0.3, -0.25) is 9.63 Å². The first-order chi connectivity index (χ1) is 15.4. The van der Waals surface area contributed by atoms with Crippen LogP contribution in [0.1, 0.15) is 40.6 Å². The van der Waals surface area contributed by atoms with Crippen molar-refractivity contribution in [1.29, 1.82) is 0 Å². The van der Waals surface area contributed by atoms with E-state index in [-0.39, 0.29) is 11.3 Å². The van der Waals surface area contributed by atoms with Crippen LogP contribution in [0.25, 0.3) is 17.0 Å². The normalized spacial score (nSPS) is 11.2. The van der Waals surface area contributed by atoms with E-state index in [4.69, 9.17) is 9.25 Å². The number of anilines is 2. The highest BCUT2D eigenvalue weighted by Gasteiger charge is 2.21. The number of rotatable bonds is 7. The molecule has 0 saturated carbocycles. The Balaban J connectivity index is 1.83. The number of benzene rings is 1. The van der Waals surface area contributed by atoms with Gasteiger partial charge in [-0.2, -0.15) is 5.10 Å². The number of fused-ring (bicyclic) bond motifs is 1. The molecule has 0 spiro atoms. The van der Waals surface area contributed by atoms with Gasteiger partial charge in [0.05, 0.1) is 24.6 Å². The molecule has 0 aliphatic heterocycles. The van der Waals surface area contributed by atoms with Gasteiger partial charge in [0.2, 0.25) is 5.89 Å². The fourth-order valence-electron chi connectivity index (χ4n) is 3.62. The number of amides is 1. The Morgan fingerprint density at radius 1 is 1.28 bits per heavy atom. The van der Waals surface area contributed by atoms with Crippen LogP contribution >= 0.6 is 0 Å². The number of aromatic nitrogens is 4. The number of carbonyl (C=O) groups excluding carboxylic acids is 1. The Kier molecular flexibility index (Phi) is 5.87. The highest BCUT2D eigenvalue weighted by Crippen LogP contribution is 2.33. The maximum atomic E-state index is 14.8. The molecule has 2 N–H and O–H groups in total. The van der Waals surface area contributed by atoms with Crippen LogP contribution in [0.2, 0.25) is 0 Å². The summed E-state index contributed by atoms with van der Waals surface area (Å²) in [6.45, 7) is 5.54. The predicted octanol–water partition coefficient (Wildman–Crippen LogP) is 4.13. The number of nitrogens with one attached hydrogen (secondary N) is 2. The highest BCUT2D eigenvalue weighted by atomic mass is 19.1. The topological polar surface area (TPSA) is 107 Å². The van der Waals surface area contributed by atoms with Crippen molar-refractivity contribution in [2.24, 2.45) is 0 Å². The van der Waals surface area contributed by atoms with Crippen molar-refractivity contribution in [3.8, 4) is 11.5 Å². The first-order valence-corrected chi connectivity index (χ1v) is 10.1. The van der Waals surface area contributed by atoms with Crippen molar-refractivity contribution in [2.75, 3.05) is 12.4 Å². The second-order valence-electron chi connectivity index (χ2n) is 7.36. The summed E-state index contributed by atoms with van der Waals surface area (Å²) in [5.41, 5.74) is 5.53. The summed E-state index contributed by atoms with van der Waals surface area (Å²) in [5.74, 6) is 0.601. The molecule has 4 rings (SSSR count). The first-order valence-electron chi connectivity index (χ1n) is 10.1. The van der Waals surface area contributed by atoms with Gasteiger partial charge in [0.1, 0.15) is 23.4 Å². The lowest BCUT2D eigenvalue weighted by Gasteiger charge is -2.13. The molecule has 0 radical (unpaired) electrons. The summed E-state index contributed by atoms with van der Waals surface area (Å²) in [6, 6.07) is 2.72. The van der Waals surface area contributed by atoms with Crippen LogP contribution in [0, 0.1) is 19.7 Å². The van der Waals surface area contributed by atoms with Crippen LogP contribution in [0.3, 0.4) is 0 Å². The number of carbonyl (C=O) groups is 1. The van der Waals surface area contributed by atoms with Crippen molar-refractivity contribution in [1.82, 2.24) is 25.1 Å². The third kappa shape index (κ3) is 3.92. The molecule has 3 heterocycles. The lowest BCUT2D eigenvalue weighted by molar-refractivity contribution is 0.0537. The molecule has 0 saturated heterocycles. The summed E-state index contributed by atoms with van der Waals surface area (Å²) >= 11 is 0. The first kappa shape index (κ1) is 21.4. The van der Waals surface area contributed by atoms with Crippen LogP contribution in [-0.4, -0.2) is 32.6 Å². The molecule has 3 aromatic heterocycles. The fraction of sp³-hybridized carbons (Fsp3) is 0.273. The third-order valence-corrected chi connectivity index (χ3v) is 5.04. The van der Waals surface area contributed by atoms with Crippen LogP contribution in [0.5, 0.6) is 0 Å². The molecule has 0 unspecified atom stereocenters. The fourth-order valence-corrected chi connectivity index (χ4v) is 3.62. The van der Waals surface area contributed by atoms with Gasteiger partial charge in [-0.15, -0.1) is 0 Å². The zero-order valence-corrected chi connectivity index (χ0v) is 18.2. The average molecular weight is 438 g/mol. The van der Waals surface area contributed by atoms with Crippen LogP contribution in [0.15, 0.2) is 35.3 Å². The summed E-state index contributed by atoms with van der Waals surface area (Å²) < 4.78 is 22.2. The minimum absolute atomic E-state index is 0.106. The Morgan fingerprint density at radius 3 is 2.78 bits per heavy atom. The van der Waals surface area contributed by atoms with E-state index in [1.165, 1.54) is 25.6 Å². The molecule has 166 valence electrons. The monoisotopic (exact) mass is 438 g/mol. The highest BCUT2D eigenvalue weighted by molar-refractivity contribution is 5.96. The molecule has 0 aliphatic carbocycles. The smallest absolute Gasteiger partial charge is 0.275 e. The maximum Gasteiger partial charge on any atom is 0.275 e. The maximum absolute atomic E-state index is 14.8. The number of nitrogens with zero attached hydrogens (tertiary/aromatic N) is 4. The lowest BCUT2D eigenvalue weighted by atomic mass is 10.1. The van der Waals surface area contributed by atoms with Crippen molar-refractivity contribution in [3.63, 3.8) is 0 Å². The van der Waals surface area contributed by atoms with E-state index in [1.54, 1.807) is 17.6 Å². The average Bonchev–Trinajstić information content (AvgIpc) is 3.34. The van der Waals surface area contributed by atoms with Crippen LogP contribution < -0.4 is 10.8 Å². The molecule has 10 heteroatoms. The van der Waals surface area contributed by atoms with Gasteiger partial charge >= 0.3 is 0 Å². The Morgan fingerprint density at radius 2 is 2.09 bits per heavy atom. The van der Waals surface area contributed by atoms with Crippen molar-refractivity contribution in [3.05, 3.63) is 59.1 Å². The van der Waals surface area contributed by atoms with Gasteiger partial charge in [-0.05, 0) is 43.5 Å². The van der Waals surface area contributed by atoms with Crippen molar-refractivity contribution >= 4 is 22.9 Å². The number of aryl methyl sites for hydroxylation is 3. The van der Waals surface area contributed by atoms with Gasteiger partial charge in [-0.25, -0.2) is 24.4 Å². The van der Waals surface area contributed by atoms with E-state index < -0.39 is 11.7 Å². The zero-order chi connectivity index (χ0) is 22.8. The van der Waals surface area contributed by atoms with Crippen molar-refractivity contribution in [2.45, 2.75) is 33.6 Å². The second-order valence-corrected chi connectivity index (χ2v) is 7.36. The summed E-state index contributed by atoms with van der Waals surface area (Å²) in [7, 11) is 1.34. The summed E-state index contributed by atoms with van der Waals surface area (Å²) in [6.07, 6.45) is 6.43. The molecular weight excluding hydrogens is 415 g/mol. The molecule has 1 aromatic carbocycles. The van der Waals surface area contributed by atoms with Crippen LogP contribution in [0.4, 0.5) is 15.9 Å². The van der Waals surface area contributed by atoms with E-state index in [9.17, 15) is 9.18 Å². The van der Waals surface area contributed by atoms with E-state index in [0.717, 1.165) is 17.5 Å². The second kappa shape index (κ2) is 8.75. The standard InChI is InChI=1S/C22H23FN6O3/c1-5-6-14-16(22-24-9-13(3)32-22)10-29-19(14)20(25-11-26-29)27-18-8-15(21(30)28-31-4)12(2)7-17(18)23/h7-11H,5-6H2,1-4H3,(H,28,30)(H,25,26,27). The Bertz CT molecular complexity index is 1300. The van der Waals surface area contributed by atoms with Gasteiger partial charge in [0, 0.05) is 11.8 Å². The van der Waals surface area contributed by atoms with Gasteiger partial charge in [0.15, 0.2) is 5.82 Å². The molecule has 1 amide bonds. The zero-order valence-electron chi connectivity index (χ0n) is 18.2. The van der Waals surface area contributed by atoms with E-state index >= 15 is 0 Å². The molecule has 0 fully saturated rings. The molecule has 4 aromatic rings. The van der Waals surface area contributed by atoms with Crippen LogP contribution in [-0.2, 0) is 11.3 Å². The quantitative estimate of drug-likeness (QED) is 0.418. The third-order valence-electron chi connectivity index (χ3n) is 5.04. The molecule has 0 bridgehead atoms. The minimum Gasteiger partial charge on any atom is -0.441 e. The molecule has 9 nitrogen and oxygen atoms in total. The Hall–Kier alpha value is -3.79. The minimum atomic E-state index is -0.514. The number of hydrogen-bond donors (Lipinski definition) is 2. The number of hydroxylamine groups is 1. The summed E-state index contributed by atoms with van der Waals surface area (Å²) in [4.78, 5) is 25.6. The van der Waals surface area contributed by atoms with E-state index in [1.807, 2.05) is 13.1 Å². The number of oxazole rings is 1. The van der Waals surface area contributed by atoms with E-state index in [2.05, 4.69) is 32.8 Å². The number of hydrogen-bond acceptors (Lipinski definition) is 7. The van der Waals surface area contributed by atoms with Gasteiger partial charge in [0.25, 0.3) is 5.91 Å². The summed E-state index contributed by atoms with van der Waals surface area (Å²) in [5, 5.41) is 7.34. The van der Waals surface area contributed by atoms with Gasteiger partial charge < -0.3 is 9.73 Å². The molecular formula is C22H23FN6O3. The predicted molar refractivity (Wildman–Crippen MR) is 116 cm³/mol. The molecule has 0 atom stereocenters. The Labute approximate surface area is 183 Å². The molecule has 0 aliphatic rings. The van der Waals surface area contributed by atoms with Gasteiger partial charge in [-0.1, -0.05) is 13.3 Å². The lowest BCUT2D eigenvalue weighted by Crippen LogP contribution is -2.23. The largest absolute Gasteiger partial charge is 0.441 e. The van der Waals surface area contributed by atoms with Crippen molar-refractivity contribution < 1.29 is 18.4 Å².